The first kappa shape index (κ1) is 32.0. The molecule has 2 fully saturated rings. The summed E-state index contributed by atoms with van der Waals surface area (Å²) in [6, 6.07) is 11.6. The van der Waals surface area contributed by atoms with Gasteiger partial charge in [0.1, 0.15) is 6.04 Å². The molecule has 0 bridgehead atoms. The van der Waals surface area contributed by atoms with Gasteiger partial charge in [0.05, 0.1) is 16.2 Å². The van der Waals surface area contributed by atoms with Crippen molar-refractivity contribution in [2.45, 2.75) is 87.6 Å². The van der Waals surface area contributed by atoms with E-state index in [-0.39, 0.29) is 46.2 Å². The Bertz CT molecular complexity index is 1350. The van der Waals surface area contributed by atoms with Gasteiger partial charge in [0.2, 0.25) is 5.91 Å². The summed E-state index contributed by atoms with van der Waals surface area (Å²) in [5, 5.41) is 2.68. The van der Waals surface area contributed by atoms with E-state index in [2.05, 4.69) is 24.1 Å². The summed E-state index contributed by atoms with van der Waals surface area (Å²) in [7, 11) is -1.59. The number of halogens is 3. The Morgan fingerprint density at radius 3 is 2.43 bits per heavy atom. The van der Waals surface area contributed by atoms with Gasteiger partial charge in [0.15, 0.2) is 9.84 Å². The van der Waals surface area contributed by atoms with Gasteiger partial charge in [-0.2, -0.15) is 13.2 Å². The van der Waals surface area contributed by atoms with Crippen molar-refractivity contribution in [2.24, 2.45) is 5.92 Å². The van der Waals surface area contributed by atoms with Crippen LogP contribution in [0.4, 0.5) is 13.2 Å². The molecule has 4 rings (SSSR count). The second kappa shape index (κ2) is 13.2. The fourth-order valence-electron chi connectivity index (χ4n) is 6.22. The predicted molar refractivity (Wildman–Crippen MR) is 155 cm³/mol. The lowest BCUT2D eigenvalue weighted by atomic mass is 9.80. The van der Waals surface area contributed by atoms with Crippen molar-refractivity contribution in [2.75, 3.05) is 19.3 Å². The third-order valence-corrected chi connectivity index (χ3v) is 10.6. The summed E-state index contributed by atoms with van der Waals surface area (Å²) >= 11 is 0. The summed E-state index contributed by atoms with van der Waals surface area (Å²) < 4.78 is 66.6. The topological polar surface area (TPSA) is 86.8 Å². The van der Waals surface area contributed by atoms with Crippen molar-refractivity contribution in [3.8, 4) is 0 Å². The van der Waals surface area contributed by atoms with Crippen LogP contribution in [-0.4, -0.2) is 73.5 Å². The van der Waals surface area contributed by atoms with Crippen LogP contribution in [0.3, 0.4) is 0 Å². The number of carbonyl (C=O) groups is 2. The molecule has 1 aliphatic heterocycles. The van der Waals surface area contributed by atoms with E-state index in [9.17, 15) is 31.2 Å². The van der Waals surface area contributed by atoms with Gasteiger partial charge in [-0.05, 0) is 95.7 Å². The fraction of sp³-hybridized carbons (Fsp3) is 0.548. The molecular formula is C31H40F3N3O4S. The van der Waals surface area contributed by atoms with E-state index < -0.39 is 33.5 Å². The number of sulfone groups is 1. The highest BCUT2D eigenvalue weighted by Gasteiger charge is 2.42. The summed E-state index contributed by atoms with van der Waals surface area (Å²) in [5.41, 5.74) is -1.10. The van der Waals surface area contributed by atoms with Crippen LogP contribution < -0.4 is 5.32 Å². The first-order chi connectivity index (χ1) is 19.8. The van der Waals surface area contributed by atoms with Crippen LogP contribution in [-0.2, 0) is 20.8 Å². The molecule has 1 saturated carbocycles. The number of benzene rings is 2. The molecule has 1 aliphatic carbocycles. The van der Waals surface area contributed by atoms with Gasteiger partial charge in [-0.3, -0.25) is 9.59 Å². The molecule has 0 spiro atoms. The molecule has 1 heterocycles. The molecule has 0 radical (unpaired) electrons. The second-order valence-electron chi connectivity index (χ2n) is 11.8. The Morgan fingerprint density at radius 2 is 1.76 bits per heavy atom. The Morgan fingerprint density at radius 1 is 1.05 bits per heavy atom. The van der Waals surface area contributed by atoms with E-state index in [4.69, 9.17) is 0 Å². The highest BCUT2D eigenvalue weighted by atomic mass is 32.2. The van der Waals surface area contributed by atoms with Gasteiger partial charge >= 0.3 is 6.18 Å². The number of hydrogen-bond donors (Lipinski definition) is 1. The van der Waals surface area contributed by atoms with Gasteiger partial charge in [-0.15, -0.1) is 0 Å². The number of rotatable bonds is 8. The van der Waals surface area contributed by atoms with Crippen molar-refractivity contribution < 1.29 is 31.2 Å². The first-order valence-corrected chi connectivity index (χ1v) is 16.2. The van der Waals surface area contributed by atoms with E-state index in [0.717, 1.165) is 18.6 Å². The fourth-order valence-corrected chi connectivity index (χ4v) is 7.90. The van der Waals surface area contributed by atoms with Crippen LogP contribution in [0.2, 0.25) is 0 Å². The molecule has 2 amide bonds. The second-order valence-corrected chi connectivity index (χ2v) is 13.8. The number of nitrogens with zero attached hydrogens (tertiary/aromatic N) is 2. The number of amides is 2. The van der Waals surface area contributed by atoms with Crippen LogP contribution in [0.25, 0.3) is 0 Å². The van der Waals surface area contributed by atoms with Gasteiger partial charge in [0, 0.05) is 30.2 Å². The summed E-state index contributed by atoms with van der Waals surface area (Å²) in [5.74, 6) is -1.48. The van der Waals surface area contributed by atoms with E-state index in [0.29, 0.717) is 38.6 Å². The van der Waals surface area contributed by atoms with Gasteiger partial charge in [0.25, 0.3) is 5.91 Å². The summed E-state index contributed by atoms with van der Waals surface area (Å²) in [6.07, 6.45) is -0.874. The first-order valence-electron chi connectivity index (χ1n) is 14.6. The zero-order chi connectivity index (χ0) is 30.7. The van der Waals surface area contributed by atoms with E-state index in [1.807, 2.05) is 7.05 Å². The molecule has 42 heavy (non-hydrogen) atoms. The Kier molecular flexibility index (Phi) is 10.0. The maximum absolute atomic E-state index is 13.9. The van der Waals surface area contributed by atoms with Crippen molar-refractivity contribution >= 4 is 21.7 Å². The molecule has 0 aromatic heterocycles. The third-order valence-electron chi connectivity index (χ3n) is 8.72. The molecule has 2 aromatic rings. The molecule has 4 atom stereocenters. The number of carbonyl (C=O) groups excluding carboxylic acids is 2. The van der Waals surface area contributed by atoms with E-state index in [1.54, 1.807) is 35.2 Å². The maximum Gasteiger partial charge on any atom is 0.416 e. The normalized spacial score (nSPS) is 24.1. The van der Waals surface area contributed by atoms with E-state index >= 15 is 0 Å². The molecule has 11 heteroatoms. The third kappa shape index (κ3) is 7.53. The highest BCUT2D eigenvalue weighted by molar-refractivity contribution is 7.91. The summed E-state index contributed by atoms with van der Waals surface area (Å²) in [4.78, 5) is 31.1. The average molecular weight is 608 g/mol. The van der Waals surface area contributed by atoms with Crippen LogP contribution in [0.1, 0.15) is 68.3 Å². The molecule has 1 saturated heterocycles. The molecule has 230 valence electrons. The van der Waals surface area contributed by atoms with E-state index in [1.165, 1.54) is 12.1 Å². The largest absolute Gasteiger partial charge is 0.416 e. The lowest BCUT2D eigenvalue weighted by molar-refractivity contribution is -0.138. The quantitative estimate of drug-likeness (QED) is 0.448. The SMILES string of the molecule is CC(C)N(C)[C@@H]1CC[C@H](N2CCCCC(NC(=O)c3cccc(C(F)(F)F)c3)C2=O)[C@H](CS(=O)(=O)c2ccccc2)C1. The van der Waals surface area contributed by atoms with Crippen LogP contribution in [0.15, 0.2) is 59.5 Å². The molecule has 2 aromatic carbocycles. The lowest BCUT2D eigenvalue weighted by Gasteiger charge is -2.45. The Hall–Kier alpha value is -2.92. The minimum absolute atomic E-state index is 0.102. The number of hydrogen-bond acceptors (Lipinski definition) is 5. The highest BCUT2D eigenvalue weighted by Crippen LogP contribution is 2.35. The zero-order valence-electron chi connectivity index (χ0n) is 24.3. The Labute approximate surface area is 246 Å². The lowest BCUT2D eigenvalue weighted by Crippen LogP contribution is -2.56. The Balaban J connectivity index is 1.57. The van der Waals surface area contributed by atoms with Crippen molar-refractivity contribution in [3.63, 3.8) is 0 Å². The van der Waals surface area contributed by atoms with Crippen molar-refractivity contribution in [3.05, 3.63) is 65.7 Å². The summed E-state index contributed by atoms with van der Waals surface area (Å²) in [6.45, 7) is 4.63. The van der Waals surface area contributed by atoms with Gasteiger partial charge < -0.3 is 15.1 Å². The van der Waals surface area contributed by atoms with Crippen LogP contribution in [0, 0.1) is 5.92 Å². The molecule has 7 nitrogen and oxygen atoms in total. The average Bonchev–Trinajstić information content (AvgIpc) is 3.13. The zero-order valence-corrected chi connectivity index (χ0v) is 25.1. The predicted octanol–water partition coefficient (Wildman–Crippen LogP) is 5.17. The van der Waals surface area contributed by atoms with Gasteiger partial charge in [-0.25, -0.2) is 8.42 Å². The van der Waals surface area contributed by atoms with Crippen LogP contribution in [0.5, 0.6) is 0 Å². The number of alkyl halides is 3. The molecular weight excluding hydrogens is 567 g/mol. The van der Waals surface area contributed by atoms with Crippen molar-refractivity contribution in [1.82, 2.24) is 15.1 Å². The number of nitrogens with one attached hydrogen (secondary N) is 1. The van der Waals surface area contributed by atoms with Gasteiger partial charge in [-0.1, -0.05) is 24.3 Å². The van der Waals surface area contributed by atoms with Crippen LogP contribution >= 0.6 is 0 Å². The minimum atomic E-state index is -4.59. The number of likely N-dealkylation sites (tertiary alicyclic amines) is 1. The molecule has 2 aliphatic rings. The minimum Gasteiger partial charge on any atom is -0.340 e. The van der Waals surface area contributed by atoms with Crippen molar-refractivity contribution in [1.29, 1.82) is 0 Å². The monoisotopic (exact) mass is 607 g/mol. The standard InChI is InChI=1S/C31H40F3N3O4S/c1-21(2)36(3)25-15-16-28(23(19-25)20-42(40,41)26-12-5-4-6-13-26)37-17-8-7-14-27(30(37)39)35-29(38)22-10-9-11-24(18-22)31(32,33)34/h4-6,9-13,18,21,23,25,27-28H,7-8,14-17,19-20H2,1-3H3,(H,35,38)/t23-,25+,27?,28-/m0/s1. The smallest absolute Gasteiger partial charge is 0.340 e. The molecule has 1 unspecified atom stereocenters. The molecule has 1 N–H and O–H groups in total. The maximum atomic E-state index is 13.9.